The van der Waals surface area contributed by atoms with Crippen LogP contribution in [0.1, 0.15) is 26.2 Å². The van der Waals surface area contributed by atoms with Crippen LogP contribution in [-0.4, -0.2) is 6.17 Å². The number of hydrogen-bond donors (Lipinski definition) is 0. The predicted molar refractivity (Wildman–Crippen MR) is 31.6 cm³/mol. The second kappa shape index (κ2) is 4.64. The lowest BCUT2D eigenvalue weighted by Gasteiger charge is -1.95. The summed E-state index contributed by atoms with van der Waals surface area (Å²) in [5.74, 6) is 2.21. The summed E-state index contributed by atoms with van der Waals surface area (Å²) in [4.78, 5) is 0. The fraction of sp³-hybridized carbons (Fsp3) is 0.714. The maximum absolute atomic E-state index is 11.9. The summed E-state index contributed by atoms with van der Waals surface area (Å²) in [6, 6.07) is 0. The average Bonchev–Trinajstić information content (AvgIpc) is 1.66. The summed E-state index contributed by atoms with van der Waals surface area (Å²) in [5.41, 5.74) is 0. The van der Waals surface area contributed by atoms with Gasteiger partial charge in [0, 0.05) is 6.42 Å². The van der Waals surface area contributed by atoms with Crippen LogP contribution in [0.3, 0.4) is 0 Å². The highest BCUT2D eigenvalue weighted by Gasteiger charge is 1.94. The van der Waals surface area contributed by atoms with Crippen molar-refractivity contribution >= 4 is 0 Å². The van der Waals surface area contributed by atoms with Crippen LogP contribution in [0.15, 0.2) is 0 Å². The van der Waals surface area contributed by atoms with Crippen molar-refractivity contribution in [2.75, 3.05) is 0 Å². The largest absolute Gasteiger partial charge is 0.248 e. The molecule has 0 aliphatic heterocycles. The van der Waals surface area contributed by atoms with Crippen molar-refractivity contribution in [2.45, 2.75) is 32.4 Å². The van der Waals surface area contributed by atoms with Gasteiger partial charge in [-0.05, 0) is 26.2 Å². The van der Waals surface area contributed by atoms with E-state index in [-0.39, 0.29) is 0 Å². The average molecular weight is 113 g/mol. The van der Waals surface area contributed by atoms with Gasteiger partial charge in [-0.2, -0.15) is 0 Å². The molecular weight excluding hydrogens is 103 g/mol. The molecule has 1 radical (unpaired) electrons. The smallest absolute Gasteiger partial charge is 0.0973 e. The molecule has 0 saturated heterocycles. The van der Waals surface area contributed by atoms with E-state index in [1.165, 1.54) is 6.92 Å². The normalized spacial score (nSPS) is 12.6. The van der Waals surface area contributed by atoms with E-state index in [1.54, 1.807) is 0 Å². The first-order valence-corrected chi connectivity index (χ1v) is 2.81. The lowest BCUT2D eigenvalue weighted by Crippen LogP contribution is -1.89. The fourth-order valence-electron chi connectivity index (χ4n) is 0.472. The zero-order valence-electron chi connectivity index (χ0n) is 5.08. The Morgan fingerprint density at radius 1 is 1.75 bits per heavy atom. The summed E-state index contributed by atoms with van der Waals surface area (Å²) < 4.78 is 11.9. The van der Waals surface area contributed by atoms with Crippen LogP contribution in [0.5, 0.6) is 0 Å². The number of halogens is 1. The van der Waals surface area contributed by atoms with Gasteiger partial charge in [-0.1, -0.05) is 5.92 Å². The van der Waals surface area contributed by atoms with Gasteiger partial charge in [0.25, 0.3) is 0 Å². The predicted octanol–water partition coefficient (Wildman–Crippen LogP) is 2.10. The lowest BCUT2D eigenvalue weighted by atomic mass is 10.2. The first-order chi connectivity index (χ1) is 3.77. The fourth-order valence-corrected chi connectivity index (χ4v) is 0.472. The van der Waals surface area contributed by atoms with E-state index in [0.717, 1.165) is 6.42 Å². The number of rotatable bonds is 3. The molecule has 8 heavy (non-hydrogen) atoms. The molecule has 0 fully saturated rings. The van der Waals surface area contributed by atoms with Crippen LogP contribution in [0.2, 0.25) is 0 Å². The molecule has 0 nitrogen and oxygen atoms in total. The molecule has 1 atom stereocenters. The third-order valence-corrected chi connectivity index (χ3v) is 0.904. The quantitative estimate of drug-likeness (QED) is 0.388. The Hall–Kier alpha value is -0.510. The van der Waals surface area contributed by atoms with Crippen LogP contribution in [-0.2, 0) is 0 Å². The first kappa shape index (κ1) is 7.49. The topological polar surface area (TPSA) is 0 Å². The number of hydrogen-bond acceptors (Lipinski definition) is 0. The van der Waals surface area contributed by atoms with Crippen LogP contribution >= 0.6 is 0 Å². The molecule has 1 unspecified atom stereocenters. The molecule has 0 aliphatic rings. The van der Waals surface area contributed by atoms with Crippen molar-refractivity contribution in [3.8, 4) is 5.92 Å². The van der Waals surface area contributed by atoms with E-state index in [4.69, 9.17) is 6.42 Å². The van der Waals surface area contributed by atoms with Crippen molar-refractivity contribution in [1.29, 1.82) is 0 Å². The molecule has 1 heteroatoms. The van der Waals surface area contributed by atoms with E-state index >= 15 is 0 Å². The maximum Gasteiger partial charge on any atom is 0.0973 e. The van der Waals surface area contributed by atoms with Crippen LogP contribution in [0.4, 0.5) is 4.39 Å². The Kier molecular flexibility index (Phi) is 4.35. The Morgan fingerprint density at radius 2 is 2.38 bits per heavy atom. The van der Waals surface area contributed by atoms with E-state index in [0.29, 0.717) is 12.8 Å². The highest BCUT2D eigenvalue weighted by atomic mass is 19.1. The summed E-state index contributed by atoms with van der Waals surface area (Å²) in [7, 11) is 0. The van der Waals surface area contributed by atoms with Crippen LogP contribution < -0.4 is 0 Å². The molecule has 0 aliphatic carbocycles. The number of unbranched alkanes of at least 4 members (excludes halogenated alkanes) is 1. The van der Waals surface area contributed by atoms with Gasteiger partial charge in [0.1, 0.15) is 0 Å². The van der Waals surface area contributed by atoms with E-state index < -0.39 is 6.17 Å². The second-order valence-corrected chi connectivity index (χ2v) is 1.85. The van der Waals surface area contributed by atoms with E-state index in [9.17, 15) is 4.39 Å². The Balaban J connectivity index is 2.85. The molecule has 0 saturated carbocycles. The van der Waals surface area contributed by atoms with Crippen molar-refractivity contribution in [2.24, 2.45) is 0 Å². The zero-order valence-corrected chi connectivity index (χ0v) is 5.08. The molecule has 0 spiro atoms. The summed E-state index contributed by atoms with van der Waals surface area (Å²) in [5, 5.41) is 0. The molecule has 0 rings (SSSR count). The molecule has 0 bridgehead atoms. The van der Waals surface area contributed by atoms with Gasteiger partial charge >= 0.3 is 0 Å². The van der Waals surface area contributed by atoms with Gasteiger partial charge in [-0.15, -0.1) is 0 Å². The molecular formula is C7H10F. The van der Waals surface area contributed by atoms with Crippen molar-refractivity contribution in [1.82, 2.24) is 0 Å². The maximum atomic E-state index is 11.9. The minimum absolute atomic E-state index is 0.561. The summed E-state index contributed by atoms with van der Waals surface area (Å²) in [6.45, 7) is 1.53. The van der Waals surface area contributed by atoms with Gasteiger partial charge in [-0.3, -0.25) is 0 Å². The van der Waals surface area contributed by atoms with E-state index in [2.05, 4.69) is 5.92 Å². The Bertz CT molecular complexity index is 78.9. The van der Waals surface area contributed by atoms with E-state index in [1.807, 2.05) is 0 Å². The van der Waals surface area contributed by atoms with Crippen LogP contribution in [0, 0.1) is 12.3 Å². The van der Waals surface area contributed by atoms with Crippen molar-refractivity contribution in [3.63, 3.8) is 0 Å². The SMILES string of the molecule is [C]#CCCCC(C)F. The van der Waals surface area contributed by atoms with Gasteiger partial charge in [0.15, 0.2) is 0 Å². The van der Waals surface area contributed by atoms with Gasteiger partial charge in [-0.25, -0.2) is 4.39 Å². The van der Waals surface area contributed by atoms with Crippen molar-refractivity contribution in [3.05, 3.63) is 6.42 Å². The second-order valence-electron chi connectivity index (χ2n) is 1.85. The van der Waals surface area contributed by atoms with Gasteiger partial charge in [0.05, 0.1) is 6.17 Å². The highest BCUT2D eigenvalue weighted by Crippen LogP contribution is 2.01. The molecule has 0 amide bonds. The molecule has 0 heterocycles. The first-order valence-electron chi connectivity index (χ1n) is 2.81. The molecule has 45 valence electrons. The molecule has 0 N–H and O–H groups in total. The lowest BCUT2D eigenvalue weighted by molar-refractivity contribution is 0.336. The summed E-state index contributed by atoms with van der Waals surface area (Å²) in [6.07, 6.45) is 7.66. The highest BCUT2D eigenvalue weighted by molar-refractivity contribution is 4.74. The zero-order chi connectivity index (χ0) is 6.41. The minimum atomic E-state index is -0.719. The number of alkyl halides is 1. The molecule has 0 aromatic rings. The minimum Gasteiger partial charge on any atom is -0.248 e. The third kappa shape index (κ3) is 5.49. The van der Waals surface area contributed by atoms with Gasteiger partial charge in [0.2, 0.25) is 0 Å². The summed E-state index contributed by atoms with van der Waals surface area (Å²) >= 11 is 0. The Morgan fingerprint density at radius 3 is 2.75 bits per heavy atom. The van der Waals surface area contributed by atoms with Gasteiger partial charge < -0.3 is 0 Å². The third-order valence-electron chi connectivity index (χ3n) is 0.904. The molecule has 0 aromatic carbocycles. The monoisotopic (exact) mass is 113 g/mol. The Labute approximate surface area is 50.1 Å². The molecule has 0 aromatic heterocycles. The van der Waals surface area contributed by atoms with Crippen molar-refractivity contribution < 1.29 is 4.39 Å². The standard InChI is InChI=1S/C7H10F/c1-3-4-5-6-7(2)8/h7H,4-6H2,2H3. The van der Waals surface area contributed by atoms with Crippen LogP contribution in [0.25, 0.3) is 0 Å².